The smallest absolute Gasteiger partial charge is 0.244 e. The summed E-state index contributed by atoms with van der Waals surface area (Å²) < 4.78 is 31.7. The lowest BCUT2D eigenvalue weighted by atomic mass is 9.88. The predicted molar refractivity (Wildman–Crippen MR) is 109 cm³/mol. The highest BCUT2D eigenvalue weighted by Gasteiger charge is 2.21. The van der Waals surface area contributed by atoms with Crippen LogP contribution in [0.15, 0.2) is 53.4 Å². The van der Waals surface area contributed by atoms with Crippen molar-refractivity contribution in [3.63, 3.8) is 0 Å². The zero-order valence-corrected chi connectivity index (χ0v) is 16.8. The molecule has 0 radical (unpaired) electrons. The molecule has 3 rings (SSSR count). The Labute approximate surface area is 165 Å². The minimum atomic E-state index is -3.67. The summed E-state index contributed by atoms with van der Waals surface area (Å²) in [6.07, 6.45) is 6.00. The topological polar surface area (TPSA) is 84.5 Å². The summed E-state index contributed by atoms with van der Waals surface area (Å²) in [5.41, 5.74) is 3.04. The Morgan fingerprint density at radius 1 is 1.21 bits per heavy atom. The Kier molecular flexibility index (Phi) is 6.16. The predicted octanol–water partition coefficient (Wildman–Crippen LogP) is 2.81. The largest absolute Gasteiger partial charge is 0.495 e. The van der Waals surface area contributed by atoms with Gasteiger partial charge in [0.2, 0.25) is 15.9 Å². The molecule has 0 heterocycles. The number of sulfonamides is 1. The molecule has 0 aliphatic heterocycles. The second-order valence-electron chi connectivity index (χ2n) is 6.60. The van der Waals surface area contributed by atoms with Crippen LogP contribution in [-0.2, 0) is 21.2 Å². The Morgan fingerprint density at radius 2 is 2.00 bits per heavy atom. The van der Waals surface area contributed by atoms with Crippen LogP contribution in [0.2, 0.25) is 0 Å². The Morgan fingerprint density at radius 3 is 2.75 bits per heavy atom. The van der Waals surface area contributed by atoms with Crippen LogP contribution in [0.25, 0.3) is 6.08 Å². The molecule has 1 aliphatic carbocycles. The van der Waals surface area contributed by atoms with Gasteiger partial charge in [0.05, 0.1) is 13.2 Å². The molecule has 0 bridgehead atoms. The Hall–Kier alpha value is -2.64. The first-order chi connectivity index (χ1) is 13.4. The van der Waals surface area contributed by atoms with Crippen molar-refractivity contribution in [2.75, 3.05) is 14.2 Å². The average Bonchev–Trinajstić information content (AvgIpc) is 2.72. The quantitative estimate of drug-likeness (QED) is 0.731. The third kappa shape index (κ3) is 4.43. The van der Waals surface area contributed by atoms with Crippen LogP contribution < -0.4 is 14.8 Å². The monoisotopic (exact) mass is 400 g/mol. The summed E-state index contributed by atoms with van der Waals surface area (Å²) in [7, 11) is -0.916. The summed E-state index contributed by atoms with van der Waals surface area (Å²) in [6, 6.07) is 12.9. The number of hydrogen-bond acceptors (Lipinski definition) is 4. The molecule has 6 nitrogen and oxygen atoms in total. The van der Waals surface area contributed by atoms with E-state index in [0.29, 0.717) is 5.56 Å². The fourth-order valence-electron chi connectivity index (χ4n) is 3.41. The van der Waals surface area contributed by atoms with E-state index < -0.39 is 10.0 Å². The maximum Gasteiger partial charge on any atom is 0.244 e. The number of hydrogen-bond donors (Lipinski definition) is 2. The number of methoxy groups -OCH3 is 1. The van der Waals surface area contributed by atoms with Crippen molar-refractivity contribution < 1.29 is 17.9 Å². The standard InChI is InChI=1S/C21H24N2O4S/c1-22-28(25,26)20-14-15(10-12-19(20)27-2)11-13-21(24)23-18-9-5-7-16-6-3-4-8-17(16)18/h3-4,6,8,10-14,18,22H,5,7,9H2,1-2H3,(H,23,24)/b13-11+. The van der Waals surface area contributed by atoms with E-state index in [1.54, 1.807) is 18.2 Å². The zero-order valence-electron chi connectivity index (χ0n) is 15.9. The van der Waals surface area contributed by atoms with Gasteiger partial charge in [0.1, 0.15) is 10.6 Å². The van der Waals surface area contributed by atoms with Gasteiger partial charge in [-0.2, -0.15) is 0 Å². The van der Waals surface area contributed by atoms with Crippen molar-refractivity contribution in [3.8, 4) is 5.75 Å². The fourth-order valence-corrected chi connectivity index (χ4v) is 4.34. The highest BCUT2D eigenvalue weighted by molar-refractivity contribution is 7.89. The number of aryl methyl sites for hydroxylation is 1. The zero-order chi connectivity index (χ0) is 20.1. The lowest BCUT2D eigenvalue weighted by Crippen LogP contribution is -2.29. The lowest BCUT2D eigenvalue weighted by molar-refractivity contribution is -0.117. The molecule has 0 aromatic heterocycles. The van der Waals surface area contributed by atoms with Crippen molar-refractivity contribution in [2.45, 2.75) is 30.2 Å². The maximum atomic E-state index is 12.4. The molecule has 0 fully saturated rings. The molecule has 2 aromatic carbocycles. The normalized spacial score (nSPS) is 16.6. The van der Waals surface area contributed by atoms with Crippen molar-refractivity contribution in [3.05, 3.63) is 65.2 Å². The molecule has 2 aromatic rings. The van der Waals surface area contributed by atoms with Crippen LogP contribution in [0, 0.1) is 0 Å². The van der Waals surface area contributed by atoms with Crippen molar-refractivity contribution in [2.24, 2.45) is 0 Å². The summed E-state index contributed by atoms with van der Waals surface area (Å²) in [5.74, 6) is 0.0327. The van der Waals surface area contributed by atoms with Crippen LogP contribution in [0.1, 0.15) is 35.6 Å². The average molecular weight is 401 g/mol. The third-order valence-corrected chi connectivity index (χ3v) is 6.29. The number of ether oxygens (including phenoxy) is 1. The van der Waals surface area contributed by atoms with Gasteiger partial charge in [-0.05, 0) is 61.2 Å². The molecule has 7 heteroatoms. The van der Waals surface area contributed by atoms with Crippen LogP contribution in [0.5, 0.6) is 5.75 Å². The molecule has 1 atom stereocenters. The van der Waals surface area contributed by atoms with Gasteiger partial charge in [-0.1, -0.05) is 30.3 Å². The maximum absolute atomic E-state index is 12.4. The number of amides is 1. The van der Waals surface area contributed by atoms with Crippen LogP contribution in [-0.4, -0.2) is 28.5 Å². The molecule has 0 saturated carbocycles. The van der Waals surface area contributed by atoms with E-state index in [9.17, 15) is 13.2 Å². The van der Waals surface area contributed by atoms with Gasteiger partial charge in [0, 0.05) is 6.08 Å². The minimum Gasteiger partial charge on any atom is -0.495 e. The Balaban J connectivity index is 1.76. The van der Waals surface area contributed by atoms with E-state index in [-0.39, 0.29) is 22.6 Å². The Bertz CT molecular complexity index is 999. The van der Waals surface area contributed by atoms with Gasteiger partial charge in [-0.25, -0.2) is 13.1 Å². The molecule has 0 spiro atoms. The van der Waals surface area contributed by atoms with E-state index in [2.05, 4.69) is 22.2 Å². The van der Waals surface area contributed by atoms with E-state index in [1.165, 1.54) is 37.4 Å². The van der Waals surface area contributed by atoms with E-state index in [0.717, 1.165) is 19.3 Å². The molecule has 0 saturated heterocycles. The van der Waals surface area contributed by atoms with Gasteiger partial charge in [0.25, 0.3) is 0 Å². The number of rotatable bonds is 6. The summed E-state index contributed by atoms with van der Waals surface area (Å²) in [5, 5.41) is 3.04. The van der Waals surface area contributed by atoms with Crippen LogP contribution in [0.3, 0.4) is 0 Å². The van der Waals surface area contributed by atoms with Gasteiger partial charge in [-0.15, -0.1) is 0 Å². The first-order valence-electron chi connectivity index (χ1n) is 9.12. The number of carbonyl (C=O) groups is 1. The molecule has 2 N–H and O–H groups in total. The number of carbonyl (C=O) groups excluding carboxylic acids is 1. The number of benzene rings is 2. The summed E-state index contributed by atoms with van der Waals surface area (Å²) in [6.45, 7) is 0. The molecular weight excluding hydrogens is 376 g/mol. The first kappa shape index (κ1) is 20.1. The van der Waals surface area contributed by atoms with E-state index in [1.807, 2.05) is 12.1 Å². The second kappa shape index (κ2) is 8.58. The van der Waals surface area contributed by atoms with Gasteiger partial charge in [0.15, 0.2) is 0 Å². The molecule has 1 amide bonds. The van der Waals surface area contributed by atoms with E-state index in [4.69, 9.17) is 4.74 Å². The van der Waals surface area contributed by atoms with Gasteiger partial charge >= 0.3 is 0 Å². The minimum absolute atomic E-state index is 0.00167. The van der Waals surface area contributed by atoms with Crippen molar-refractivity contribution >= 4 is 22.0 Å². The second-order valence-corrected chi connectivity index (χ2v) is 8.46. The van der Waals surface area contributed by atoms with Gasteiger partial charge < -0.3 is 10.1 Å². The van der Waals surface area contributed by atoms with Crippen molar-refractivity contribution in [1.29, 1.82) is 0 Å². The highest BCUT2D eigenvalue weighted by atomic mass is 32.2. The van der Waals surface area contributed by atoms with Crippen LogP contribution >= 0.6 is 0 Å². The fraction of sp³-hybridized carbons (Fsp3) is 0.286. The number of fused-ring (bicyclic) bond motifs is 1. The lowest BCUT2D eigenvalue weighted by Gasteiger charge is -2.25. The molecule has 1 aliphatic rings. The SMILES string of the molecule is CNS(=O)(=O)c1cc(/C=C/C(=O)NC2CCCc3ccccc32)ccc1OC. The number of nitrogens with one attached hydrogen (secondary N) is 2. The molecule has 28 heavy (non-hydrogen) atoms. The molecular formula is C21H24N2O4S. The van der Waals surface area contributed by atoms with Gasteiger partial charge in [-0.3, -0.25) is 4.79 Å². The van der Waals surface area contributed by atoms with E-state index >= 15 is 0 Å². The first-order valence-corrected chi connectivity index (χ1v) is 10.6. The van der Waals surface area contributed by atoms with Crippen LogP contribution in [0.4, 0.5) is 0 Å². The summed E-state index contributed by atoms with van der Waals surface area (Å²) >= 11 is 0. The van der Waals surface area contributed by atoms with Crippen molar-refractivity contribution in [1.82, 2.24) is 10.0 Å². The third-order valence-electron chi connectivity index (χ3n) is 4.86. The molecule has 1 unspecified atom stereocenters. The molecule has 148 valence electrons. The highest BCUT2D eigenvalue weighted by Crippen LogP contribution is 2.29. The summed E-state index contributed by atoms with van der Waals surface area (Å²) in [4.78, 5) is 12.4.